The van der Waals surface area contributed by atoms with Crippen molar-refractivity contribution in [3.63, 3.8) is 0 Å². The van der Waals surface area contributed by atoms with Crippen LogP contribution in [0.5, 0.6) is 0 Å². The highest BCUT2D eigenvalue weighted by atomic mass is 28.2. The van der Waals surface area contributed by atoms with Gasteiger partial charge in [0.05, 0.1) is 0 Å². The summed E-state index contributed by atoms with van der Waals surface area (Å²) < 4.78 is 4.69. The fourth-order valence-corrected chi connectivity index (χ4v) is 0.972. The van der Waals surface area contributed by atoms with E-state index in [1.807, 2.05) is 0 Å². The second-order valence-electron chi connectivity index (χ2n) is 1.82. The Balaban J connectivity index is 5.12. The Hall–Kier alpha value is -1.68. The van der Waals surface area contributed by atoms with Crippen LogP contribution in [0.1, 0.15) is 0 Å². The summed E-state index contributed by atoms with van der Waals surface area (Å²) in [6.45, 7) is -0.279. The van der Waals surface area contributed by atoms with E-state index < -0.39 is 5.79 Å². The van der Waals surface area contributed by atoms with Gasteiger partial charge in [-0.2, -0.15) is 0 Å². The topological polar surface area (TPSA) is 97.5 Å². The Morgan fingerprint density at radius 3 is 1.69 bits per heavy atom. The molecule has 0 saturated carbocycles. The molecular weight excluding hydrogens is 194 g/mol. The minimum absolute atomic E-state index is 0.279. The molecule has 0 aromatic carbocycles. The fourth-order valence-electron chi connectivity index (χ4n) is 0.585. The highest BCUT2D eigenvalue weighted by Crippen LogP contribution is 2.12. The summed E-state index contributed by atoms with van der Waals surface area (Å²) in [6.07, 6.45) is 3.38. The number of carbonyl (C=O) groups excluding carboxylic acids is 3. The standard InChI is InChI=1S/C5H5N3O4Si/c9-2-6-5(1-12-13,7-3-10)8-4-11/h1H2,13H3. The van der Waals surface area contributed by atoms with Gasteiger partial charge in [0.1, 0.15) is 17.1 Å². The third-order valence-electron chi connectivity index (χ3n) is 1.01. The van der Waals surface area contributed by atoms with Gasteiger partial charge in [-0.3, -0.25) is 0 Å². The van der Waals surface area contributed by atoms with Gasteiger partial charge in [0.15, 0.2) is 0 Å². The van der Waals surface area contributed by atoms with Gasteiger partial charge in [-0.15, -0.1) is 15.0 Å². The molecule has 0 spiro atoms. The molecule has 68 valence electrons. The molecule has 8 heteroatoms. The average Bonchev–Trinajstić information content (AvgIpc) is 2.06. The molecule has 0 N–H and O–H groups in total. The van der Waals surface area contributed by atoms with Crippen molar-refractivity contribution in [3.05, 3.63) is 0 Å². The van der Waals surface area contributed by atoms with Crippen LogP contribution in [0.3, 0.4) is 0 Å². The molecule has 0 atom stereocenters. The van der Waals surface area contributed by atoms with Crippen molar-refractivity contribution in [2.45, 2.75) is 5.79 Å². The minimum Gasteiger partial charge on any atom is -0.421 e. The van der Waals surface area contributed by atoms with Crippen LogP contribution >= 0.6 is 0 Å². The largest absolute Gasteiger partial charge is 0.421 e. The van der Waals surface area contributed by atoms with Crippen molar-refractivity contribution >= 4 is 28.7 Å². The maximum atomic E-state index is 9.93. The van der Waals surface area contributed by atoms with Gasteiger partial charge >= 0.3 is 0 Å². The lowest BCUT2D eigenvalue weighted by molar-refractivity contribution is 0.247. The van der Waals surface area contributed by atoms with E-state index in [4.69, 9.17) is 0 Å². The molecule has 0 aliphatic heterocycles. The summed E-state index contributed by atoms with van der Waals surface area (Å²) in [7, 11) is 0.322. The van der Waals surface area contributed by atoms with Gasteiger partial charge < -0.3 is 4.43 Å². The zero-order chi connectivity index (χ0) is 10.2. The maximum Gasteiger partial charge on any atom is 0.299 e. The van der Waals surface area contributed by atoms with Crippen molar-refractivity contribution in [2.75, 3.05) is 6.61 Å². The van der Waals surface area contributed by atoms with E-state index in [2.05, 4.69) is 19.4 Å². The first-order chi connectivity index (χ1) is 6.24. The first-order valence-electron chi connectivity index (χ1n) is 3.00. The number of isocyanates is 3. The van der Waals surface area contributed by atoms with E-state index in [9.17, 15) is 14.4 Å². The van der Waals surface area contributed by atoms with Crippen molar-refractivity contribution in [2.24, 2.45) is 15.0 Å². The Bertz CT molecular complexity index is 266. The Morgan fingerprint density at radius 1 is 1.08 bits per heavy atom. The molecule has 0 aromatic rings. The van der Waals surface area contributed by atoms with Crippen LogP contribution in [0.15, 0.2) is 15.0 Å². The number of rotatable bonds is 5. The molecule has 0 bridgehead atoms. The Kier molecular flexibility index (Phi) is 5.14. The Labute approximate surface area is 75.8 Å². The molecule has 0 amide bonds. The summed E-state index contributed by atoms with van der Waals surface area (Å²) in [5.41, 5.74) is 0. The van der Waals surface area contributed by atoms with Gasteiger partial charge in [-0.25, -0.2) is 14.4 Å². The number of aliphatic imine (C=N–C) groups is 3. The van der Waals surface area contributed by atoms with Gasteiger partial charge in [0.25, 0.3) is 5.79 Å². The van der Waals surface area contributed by atoms with Crippen LogP contribution in [0, 0.1) is 0 Å². The van der Waals surface area contributed by atoms with Gasteiger partial charge in [-0.1, -0.05) is 0 Å². The normalized spacial score (nSPS) is 12.9. The van der Waals surface area contributed by atoms with E-state index >= 15 is 0 Å². The summed E-state index contributed by atoms with van der Waals surface area (Å²) in [4.78, 5) is 39.0. The first-order valence-corrected chi connectivity index (χ1v) is 3.82. The predicted molar refractivity (Wildman–Crippen MR) is 43.0 cm³/mol. The average molecular weight is 199 g/mol. The molecule has 0 fully saturated rings. The second kappa shape index (κ2) is 5.90. The number of nitrogens with zero attached hydrogens (tertiary/aromatic N) is 3. The summed E-state index contributed by atoms with van der Waals surface area (Å²) in [6, 6.07) is 0. The molecule has 0 unspecified atom stereocenters. The van der Waals surface area contributed by atoms with Crippen LogP contribution in [0.25, 0.3) is 0 Å². The molecule has 0 rings (SSSR count). The van der Waals surface area contributed by atoms with Gasteiger partial charge in [0.2, 0.25) is 18.2 Å². The van der Waals surface area contributed by atoms with E-state index in [1.54, 1.807) is 0 Å². The molecule has 0 aromatic heterocycles. The lowest BCUT2D eigenvalue weighted by atomic mass is 10.4. The molecule has 0 aliphatic carbocycles. The van der Waals surface area contributed by atoms with Crippen molar-refractivity contribution in [1.29, 1.82) is 0 Å². The third kappa shape index (κ3) is 3.48. The van der Waals surface area contributed by atoms with Gasteiger partial charge in [-0.05, 0) is 0 Å². The summed E-state index contributed by atoms with van der Waals surface area (Å²) in [5.74, 6) is -1.88. The number of hydrogen-bond donors (Lipinski definition) is 0. The quantitative estimate of drug-likeness (QED) is 0.289. The SMILES string of the molecule is O=C=NC(CO[SiH3])(N=C=O)N=C=O. The van der Waals surface area contributed by atoms with E-state index in [0.717, 1.165) is 18.2 Å². The van der Waals surface area contributed by atoms with Crippen molar-refractivity contribution < 1.29 is 18.8 Å². The monoisotopic (exact) mass is 199 g/mol. The lowest BCUT2D eigenvalue weighted by Gasteiger charge is -2.12. The molecular formula is C5H5N3O4Si. The summed E-state index contributed by atoms with van der Waals surface area (Å²) in [5, 5.41) is 0. The van der Waals surface area contributed by atoms with Gasteiger partial charge in [0, 0.05) is 0 Å². The van der Waals surface area contributed by atoms with Crippen LogP contribution < -0.4 is 0 Å². The molecule has 0 heterocycles. The zero-order valence-corrected chi connectivity index (χ0v) is 8.68. The van der Waals surface area contributed by atoms with E-state index in [1.165, 1.54) is 0 Å². The first kappa shape index (κ1) is 11.3. The predicted octanol–water partition coefficient (Wildman–Crippen LogP) is -2.06. The minimum atomic E-state index is -1.88. The highest BCUT2D eigenvalue weighted by Gasteiger charge is 2.28. The molecule has 0 saturated heterocycles. The van der Waals surface area contributed by atoms with Crippen molar-refractivity contribution in [3.8, 4) is 0 Å². The second-order valence-corrected chi connectivity index (χ2v) is 2.39. The summed E-state index contributed by atoms with van der Waals surface area (Å²) >= 11 is 0. The lowest BCUT2D eigenvalue weighted by Crippen LogP contribution is -2.27. The van der Waals surface area contributed by atoms with E-state index in [-0.39, 0.29) is 6.61 Å². The van der Waals surface area contributed by atoms with Crippen LogP contribution in [-0.2, 0) is 18.8 Å². The molecule has 0 aliphatic rings. The molecule has 0 radical (unpaired) electrons. The van der Waals surface area contributed by atoms with Crippen molar-refractivity contribution in [1.82, 2.24) is 0 Å². The zero-order valence-electron chi connectivity index (χ0n) is 6.68. The maximum absolute atomic E-state index is 9.93. The molecule has 7 nitrogen and oxygen atoms in total. The Morgan fingerprint density at radius 2 is 1.46 bits per heavy atom. The smallest absolute Gasteiger partial charge is 0.299 e. The van der Waals surface area contributed by atoms with Crippen LogP contribution in [0.4, 0.5) is 0 Å². The van der Waals surface area contributed by atoms with Crippen LogP contribution in [-0.4, -0.2) is 41.1 Å². The highest BCUT2D eigenvalue weighted by molar-refractivity contribution is 5.98. The van der Waals surface area contributed by atoms with E-state index in [0.29, 0.717) is 10.5 Å². The third-order valence-corrected chi connectivity index (χ3v) is 1.30. The number of hydrogen-bond acceptors (Lipinski definition) is 7. The van der Waals surface area contributed by atoms with Crippen LogP contribution in [0.2, 0.25) is 0 Å². The molecule has 13 heavy (non-hydrogen) atoms. The fraction of sp³-hybridized carbons (Fsp3) is 0.400.